The molecule has 0 aliphatic carbocycles. The summed E-state index contributed by atoms with van der Waals surface area (Å²) >= 11 is 0. The third-order valence-corrected chi connectivity index (χ3v) is 0.413. The van der Waals surface area contributed by atoms with Crippen LogP contribution < -0.4 is 0 Å². The number of nitriles is 1. The van der Waals surface area contributed by atoms with Gasteiger partial charge in [0.05, 0.1) is 0 Å². The maximum absolute atomic E-state index is 7.75. The predicted octanol–water partition coefficient (Wildman–Crippen LogP) is 0.507. The Morgan fingerprint density at radius 3 is 2.86 bits per heavy atom. The fourth-order valence-corrected chi connectivity index (χ4v) is 0.156. The average molecular weight is 95.1 g/mol. The van der Waals surface area contributed by atoms with Gasteiger partial charge >= 0.3 is 0 Å². The van der Waals surface area contributed by atoms with E-state index in [-0.39, 0.29) is 0 Å². The van der Waals surface area contributed by atoms with Gasteiger partial charge in [0, 0.05) is 6.42 Å². The second kappa shape index (κ2) is 4.85. The van der Waals surface area contributed by atoms with Gasteiger partial charge in [-0.2, -0.15) is 5.26 Å². The van der Waals surface area contributed by atoms with Crippen LogP contribution in [0.4, 0.5) is 0 Å². The van der Waals surface area contributed by atoms with Crippen LogP contribution >= 0.6 is 0 Å². The monoisotopic (exact) mass is 95.0 g/mol. The molecule has 0 saturated carbocycles. The molecule has 0 aromatic carbocycles. The van der Waals surface area contributed by atoms with Crippen LogP contribution in [0.3, 0.4) is 0 Å². The normalized spacial score (nSPS) is 6.00. The summed E-state index contributed by atoms with van der Waals surface area (Å²) in [6.07, 6.45) is 6.84. The minimum atomic E-state index is 0.340. The zero-order valence-electron chi connectivity index (χ0n) is 3.85. The summed E-state index contributed by atoms with van der Waals surface area (Å²) < 4.78 is 4.24. The van der Waals surface area contributed by atoms with Gasteiger partial charge in [-0.25, -0.2) is 0 Å². The highest BCUT2D eigenvalue weighted by Crippen LogP contribution is 1.74. The van der Waals surface area contributed by atoms with Crippen molar-refractivity contribution < 1.29 is 4.74 Å². The van der Waals surface area contributed by atoms with E-state index in [1.54, 1.807) is 0 Å². The molecule has 0 amide bonds. The van der Waals surface area contributed by atoms with Crippen LogP contribution in [-0.2, 0) is 4.74 Å². The predicted molar refractivity (Wildman–Crippen MR) is 25.0 cm³/mol. The largest absolute Gasteiger partial charge is 0.426 e. The molecular formula is C5H5NO. The van der Waals surface area contributed by atoms with Crippen molar-refractivity contribution in [2.45, 2.75) is 6.42 Å². The first kappa shape index (κ1) is 5.85. The van der Waals surface area contributed by atoms with Gasteiger partial charge in [-0.05, 0) is 0 Å². The maximum Gasteiger partial charge on any atom is 0.286 e. The molecule has 0 aromatic rings. The minimum Gasteiger partial charge on any atom is -0.426 e. The molecule has 2 heteroatoms. The molecule has 0 aliphatic rings. The third-order valence-electron chi connectivity index (χ3n) is 0.413. The second-order valence-corrected chi connectivity index (χ2v) is 0.894. The molecule has 0 unspecified atom stereocenters. The standard InChI is InChI=1S/C5H5NO/c1-2-3-4-7-5-6/h1H,3-4H2. The molecule has 0 atom stereocenters. The Balaban J connectivity index is 2.77. The lowest BCUT2D eigenvalue weighted by Crippen LogP contribution is -1.82. The molecule has 7 heavy (non-hydrogen) atoms. The fraction of sp³-hybridized carbons (Fsp3) is 0.400. The van der Waals surface area contributed by atoms with Gasteiger partial charge in [0.25, 0.3) is 6.26 Å². The molecule has 0 radical (unpaired) electrons. The van der Waals surface area contributed by atoms with Gasteiger partial charge in [0.15, 0.2) is 0 Å². The number of hydrogen-bond donors (Lipinski definition) is 0. The van der Waals surface area contributed by atoms with E-state index in [9.17, 15) is 0 Å². The molecule has 2 nitrogen and oxygen atoms in total. The lowest BCUT2D eigenvalue weighted by atomic mass is 10.5. The first-order chi connectivity index (χ1) is 3.41. The molecule has 0 rings (SSSR count). The average Bonchev–Trinajstić information content (AvgIpc) is 1.69. The highest BCUT2D eigenvalue weighted by molar-refractivity contribution is 4.83. The van der Waals surface area contributed by atoms with Crippen LogP contribution in [0.1, 0.15) is 6.42 Å². The lowest BCUT2D eigenvalue weighted by Gasteiger charge is -1.83. The van der Waals surface area contributed by atoms with Crippen LogP contribution in [0.2, 0.25) is 0 Å². The van der Waals surface area contributed by atoms with Crippen LogP contribution in [0.15, 0.2) is 0 Å². The molecule has 0 spiro atoms. The van der Waals surface area contributed by atoms with Crippen molar-refractivity contribution in [2.75, 3.05) is 6.61 Å². The van der Waals surface area contributed by atoms with E-state index in [1.807, 2.05) is 0 Å². The summed E-state index contributed by atoms with van der Waals surface area (Å²) in [5, 5.41) is 7.75. The molecule has 0 bridgehead atoms. The number of hydrogen-bond acceptors (Lipinski definition) is 2. The van der Waals surface area contributed by atoms with Crippen molar-refractivity contribution in [3.63, 3.8) is 0 Å². The first-order valence-corrected chi connectivity index (χ1v) is 1.86. The Hall–Kier alpha value is -1.15. The Morgan fingerprint density at radius 1 is 1.71 bits per heavy atom. The van der Waals surface area contributed by atoms with E-state index in [2.05, 4.69) is 10.7 Å². The molecule has 36 valence electrons. The first-order valence-electron chi connectivity index (χ1n) is 1.86. The lowest BCUT2D eigenvalue weighted by molar-refractivity contribution is 0.279. The van der Waals surface area contributed by atoms with Gasteiger partial charge in [0.1, 0.15) is 6.61 Å². The van der Waals surface area contributed by atoms with Gasteiger partial charge in [0.2, 0.25) is 0 Å². The topological polar surface area (TPSA) is 33.0 Å². The van der Waals surface area contributed by atoms with E-state index in [4.69, 9.17) is 11.7 Å². The van der Waals surface area contributed by atoms with Gasteiger partial charge in [-0.15, -0.1) is 12.3 Å². The number of nitrogens with zero attached hydrogens (tertiary/aromatic N) is 1. The van der Waals surface area contributed by atoms with E-state index in [0.29, 0.717) is 13.0 Å². The molecule has 0 saturated heterocycles. The zero-order valence-corrected chi connectivity index (χ0v) is 3.85. The summed E-state index contributed by atoms with van der Waals surface area (Å²) in [5.41, 5.74) is 0. The van der Waals surface area contributed by atoms with E-state index < -0.39 is 0 Å². The van der Waals surface area contributed by atoms with Crippen LogP contribution in [0, 0.1) is 23.9 Å². The highest BCUT2D eigenvalue weighted by Gasteiger charge is 1.75. The summed E-state index contributed by atoms with van der Waals surface area (Å²) in [6, 6.07) is 0. The summed E-state index contributed by atoms with van der Waals surface area (Å²) in [6.45, 7) is 0.340. The third kappa shape index (κ3) is 4.85. The number of ether oxygens (including phenoxy) is 1. The molecular weight excluding hydrogens is 90.1 g/mol. The van der Waals surface area contributed by atoms with Crippen molar-refractivity contribution in [3.8, 4) is 18.6 Å². The van der Waals surface area contributed by atoms with Crippen LogP contribution in [-0.4, -0.2) is 6.61 Å². The maximum atomic E-state index is 7.75. The van der Waals surface area contributed by atoms with Gasteiger partial charge < -0.3 is 4.74 Å². The Kier molecular flexibility index (Phi) is 4.05. The molecule has 0 aromatic heterocycles. The van der Waals surface area contributed by atoms with Crippen LogP contribution in [0.5, 0.6) is 0 Å². The summed E-state index contributed by atoms with van der Waals surface area (Å²) in [5.74, 6) is 2.33. The zero-order chi connectivity index (χ0) is 5.54. The second-order valence-electron chi connectivity index (χ2n) is 0.894. The van der Waals surface area contributed by atoms with Crippen molar-refractivity contribution in [3.05, 3.63) is 0 Å². The number of rotatable bonds is 2. The van der Waals surface area contributed by atoms with E-state index >= 15 is 0 Å². The van der Waals surface area contributed by atoms with Crippen molar-refractivity contribution in [2.24, 2.45) is 0 Å². The Labute approximate surface area is 42.7 Å². The minimum absolute atomic E-state index is 0.340. The van der Waals surface area contributed by atoms with Crippen molar-refractivity contribution >= 4 is 0 Å². The Morgan fingerprint density at radius 2 is 2.43 bits per heavy atom. The van der Waals surface area contributed by atoms with Gasteiger partial charge in [-0.3, -0.25) is 0 Å². The molecule has 0 heterocycles. The van der Waals surface area contributed by atoms with E-state index in [0.717, 1.165) is 0 Å². The fourth-order valence-electron chi connectivity index (χ4n) is 0.156. The Bertz CT molecular complexity index is 92.2. The smallest absolute Gasteiger partial charge is 0.286 e. The quantitative estimate of drug-likeness (QED) is 0.284. The highest BCUT2D eigenvalue weighted by atomic mass is 16.5. The van der Waals surface area contributed by atoms with Crippen molar-refractivity contribution in [1.29, 1.82) is 5.26 Å². The molecule has 0 aliphatic heterocycles. The van der Waals surface area contributed by atoms with Gasteiger partial charge in [-0.1, -0.05) is 0 Å². The molecule has 0 N–H and O–H groups in total. The van der Waals surface area contributed by atoms with Crippen molar-refractivity contribution in [1.82, 2.24) is 0 Å². The van der Waals surface area contributed by atoms with E-state index in [1.165, 1.54) is 6.26 Å². The van der Waals surface area contributed by atoms with Crippen LogP contribution in [0.25, 0.3) is 0 Å². The SMILES string of the molecule is C#CCCOC#N. The number of terminal acetylenes is 1. The summed E-state index contributed by atoms with van der Waals surface area (Å²) in [4.78, 5) is 0. The molecule has 0 fully saturated rings. The summed E-state index contributed by atoms with van der Waals surface area (Å²) in [7, 11) is 0.